The van der Waals surface area contributed by atoms with E-state index in [1.54, 1.807) is 18.3 Å². The second kappa shape index (κ2) is 6.31. The molecular formula is C20H22FN3O. The summed E-state index contributed by atoms with van der Waals surface area (Å²) in [7, 11) is 1.95. The molecule has 2 heterocycles. The Labute approximate surface area is 146 Å². The number of fused-ring (bicyclic) bond motifs is 1. The van der Waals surface area contributed by atoms with Gasteiger partial charge in [-0.1, -0.05) is 12.1 Å². The molecule has 0 bridgehead atoms. The number of aromatic nitrogens is 2. The number of benzene rings is 1. The Balaban J connectivity index is 1.77. The Morgan fingerprint density at radius 1 is 1.24 bits per heavy atom. The summed E-state index contributed by atoms with van der Waals surface area (Å²) in [5.41, 5.74) is 3.00. The van der Waals surface area contributed by atoms with Crippen molar-refractivity contribution in [2.45, 2.75) is 32.7 Å². The average molecular weight is 339 g/mol. The van der Waals surface area contributed by atoms with Crippen molar-refractivity contribution >= 4 is 16.9 Å². The molecule has 1 N–H and O–H groups in total. The minimum Gasteiger partial charge on any atom is -0.347 e. The molecule has 1 aromatic carbocycles. The van der Waals surface area contributed by atoms with Crippen LogP contribution in [0.25, 0.3) is 11.0 Å². The van der Waals surface area contributed by atoms with Crippen molar-refractivity contribution < 1.29 is 9.18 Å². The number of aryl methyl sites for hydroxylation is 2. The largest absolute Gasteiger partial charge is 0.347 e. The molecule has 0 aliphatic rings. The molecule has 0 aliphatic carbocycles. The first-order valence-electron chi connectivity index (χ1n) is 8.24. The molecule has 2 aromatic heterocycles. The first-order chi connectivity index (χ1) is 11.7. The SMILES string of the molecule is Cc1cc2cc(C(=O)NC(C)(C)Cc3ccc(F)cc3)cnc2n1C. The average Bonchev–Trinajstić information content (AvgIpc) is 2.83. The highest BCUT2D eigenvalue weighted by atomic mass is 19.1. The van der Waals surface area contributed by atoms with Crippen LogP contribution in [0.2, 0.25) is 0 Å². The Hall–Kier alpha value is -2.69. The third-order valence-corrected chi connectivity index (χ3v) is 4.38. The third-order valence-electron chi connectivity index (χ3n) is 4.38. The molecule has 1 amide bonds. The van der Waals surface area contributed by atoms with E-state index in [0.717, 1.165) is 22.3 Å². The van der Waals surface area contributed by atoms with Gasteiger partial charge in [0.25, 0.3) is 5.91 Å². The lowest BCUT2D eigenvalue weighted by Gasteiger charge is -2.26. The number of pyridine rings is 1. The van der Waals surface area contributed by atoms with E-state index in [1.807, 2.05) is 44.5 Å². The van der Waals surface area contributed by atoms with Gasteiger partial charge in [0.2, 0.25) is 0 Å². The maximum absolute atomic E-state index is 13.0. The molecule has 0 fully saturated rings. The zero-order valence-electron chi connectivity index (χ0n) is 14.9. The molecule has 0 saturated carbocycles. The standard InChI is InChI=1S/C20H22FN3O/c1-13-9-15-10-16(12-22-18(15)24(13)4)19(25)23-20(2,3)11-14-5-7-17(21)8-6-14/h5-10,12H,11H2,1-4H3,(H,23,25). The van der Waals surface area contributed by atoms with Crippen LogP contribution >= 0.6 is 0 Å². The zero-order valence-corrected chi connectivity index (χ0v) is 14.9. The van der Waals surface area contributed by atoms with Gasteiger partial charge in [-0.05, 0) is 57.0 Å². The minimum atomic E-state index is -0.462. The van der Waals surface area contributed by atoms with Gasteiger partial charge in [-0.3, -0.25) is 4.79 Å². The molecule has 0 radical (unpaired) electrons. The van der Waals surface area contributed by atoms with Crippen molar-refractivity contribution in [2.24, 2.45) is 7.05 Å². The first-order valence-corrected chi connectivity index (χ1v) is 8.24. The first kappa shape index (κ1) is 17.1. The molecule has 0 aliphatic heterocycles. The molecule has 0 unspecified atom stereocenters. The molecular weight excluding hydrogens is 317 g/mol. The van der Waals surface area contributed by atoms with Gasteiger partial charge in [0.15, 0.2) is 0 Å². The van der Waals surface area contributed by atoms with Crippen molar-refractivity contribution in [2.75, 3.05) is 0 Å². The van der Waals surface area contributed by atoms with E-state index in [0.29, 0.717) is 12.0 Å². The number of carbonyl (C=O) groups is 1. The normalized spacial score (nSPS) is 11.7. The smallest absolute Gasteiger partial charge is 0.253 e. The van der Waals surface area contributed by atoms with E-state index >= 15 is 0 Å². The molecule has 5 heteroatoms. The predicted octanol–water partition coefficient (Wildman–Crippen LogP) is 3.77. The van der Waals surface area contributed by atoms with Gasteiger partial charge < -0.3 is 9.88 Å². The van der Waals surface area contributed by atoms with Crippen LogP contribution in [-0.4, -0.2) is 21.0 Å². The lowest BCUT2D eigenvalue weighted by molar-refractivity contribution is 0.0913. The van der Waals surface area contributed by atoms with Crippen LogP contribution in [0.5, 0.6) is 0 Å². The molecule has 3 aromatic rings. The van der Waals surface area contributed by atoms with Crippen molar-refractivity contribution in [1.29, 1.82) is 0 Å². The number of halogens is 1. The van der Waals surface area contributed by atoms with Crippen LogP contribution in [0.15, 0.2) is 42.6 Å². The summed E-state index contributed by atoms with van der Waals surface area (Å²) in [6, 6.07) is 10.2. The van der Waals surface area contributed by atoms with E-state index in [2.05, 4.69) is 10.3 Å². The molecule has 0 spiro atoms. The molecule has 130 valence electrons. The topological polar surface area (TPSA) is 46.9 Å². The highest BCUT2D eigenvalue weighted by Crippen LogP contribution is 2.19. The van der Waals surface area contributed by atoms with Crippen molar-refractivity contribution in [3.8, 4) is 0 Å². The minimum absolute atomic E-state index is 0.164. The van der Waals surface area contributed by atoms with Gasteiger partial charge in [0.05, 0.1) is 5.56 Å². The fourth-order valence-electron chi connectivity index (χ4n) is 3.01. The van der Waals surface area contributed by atoms with Crippen molar-refractivity contribution in [3.05, 3.63) is 65.2 Å². The fourth-order valence-corrected chi connectivity index (χ4v) is 3.01. The summed E-state index contributed by atoms with van der Waals surface area (Å²) in [5.74, 6) is -0.425. The Morgan fingerprint density at radius 3 is 2.60 bits per heavy atom. The Morgan fingerprint density at radius 2 is 1.92 bits per heavy atom. The molecule has 0 atom stereocenters. The highest BCUT2D eigenvalue weighted by Gasteiger charge is 2.22. The van der Waals surface area contributed by atoms with Crippen LogP contribution in [0.3, 0.4) is 0 Å². The summed E-state index contributed by atoms with van der Waals surface area (Å²) >= 11 is 0. The maximum atomic E-state index is 13.0. The zero-order chi connectivity index (χ0) is 18.2. The summed E-state index contributed by atoms with van der Waals surface area (Å²) in [5, 5.41) is 3.99. The van der Waals surface area contributed by atoms with E-state index in [-0.39, 0.29) is 11.7 Å². The van der Waals surface area contributed by atoms with Crippen LogP contribution in [0.4, 0.5) is 4.39 Å². The van der Waals surface area contributed by atoms with Crippen molar-refractivity contribution in [1.82, 2.24) is 14.9 Å². The number of nitrogens with zero attached hydrogens (tertiary/aromatic N) is 2. The Bertz CT molecular complexity index is 926. The summed E-state index contributed by atoms with van der Waals surface area (Å²) < 4.78 is 15.0. The van der Waals surface area contributed by atoms with Gasteiger partial charge in [0.1, 0.15) is 11.5 Å². The summed E-state index contributed by atoms with van der Waals surface area (Å²) in [4.78, 5) is 17.0. The van der Waals surface area contributed by atoms with E-state index < -0.39 is 5.54 Å². The van der Waals surface area contributed by atoms with E-state index in [1.165, 1.54) is 12.1 Å². The quantitative estimate of drug-likeness (QED) is 0.786. The molecule has 0 saturated heterocycles. The number of rotatable bonds is 4. The number of carbonyl (C=O) groups excluding carboxylic acids is 1. The lowest BCUT2D eigenvalue weighted by atomic mass is 9.94. The van der Waals surface area contributed by atoms with Crippen LogP contribution in [0, 0.1) is 12.7 Å². The van der Waals surface area contributed by atoms with Gasteiger partial charge >= 0.3 is 0 Å². The maximum Gasteiger partial charge on any atom is 0.253 e. The second-order valence-corrected chi connectivity index (χ2v) is 7.12. The van der Waals surface area contributed by atoms with Gasteiger partial charge in [-0.15, -0.1) is 0 Å². The third kappa shape index (κ3) is 3.71. The number of hydrogen-bond acceptors (Lipinski definition) is 2. The second-order valence-electron chi connectivity index (χ2n) is 7.12. The van der Waals surface area contributed by atoms with Gasteiger partial charge in [0, 0.05) is 29.9 Å². The fraction of sp³-hybridized carbons (Fsp3) is 0.300. The molecule has 4 nitrogen and oxygen atoms in total. The molecule has 25 heavy (non-hydrogen) atoms. The monoisotopic (exact) mass is 339 g/mol. The summed E-state index contributed by atoms with van der Waals surface area (Å²) in [6.45, 7) is 5.91. The van der Waals surface area contributed by atoms with Crippen LogP contribution in [0.1, 0.15) is 35.5 Å². The van der Waals surface area contributed by atoms with Gasteiger partial charge in [-0.25, -0.2) is 9.37 Å². The Kier molecular flexibility index (Phi) is 4.33. The van der Waals surface area contributed by atoms with Crippen LogP contribution in [-0.2, 0) is 13.5 Å². The van der Waals surface area contributed by atoms with Crippen LogP contribution < -0.4 is 5.32 Å². The van der Waals surface area contributed by atoms with Gasteiger partial charge in [-0.2, -0.15) is 0 Å². The predicted molar refractivity (Wildman–Crippen MR) is 97.1 cm³/mol. The summed E-state index contributed by atoms with van der Waals surface area (Å²) in [6.07, 6.45) is 2.21. The number of hydrogen-bond donors (Lipinski definition) is 1. The number of nitrogens with one attached hydrogen (secondary N) is 1. The molecule has 3 rings (SSSR count). The highest BCUT2D eigenvalue weighted by molar-refractivity contribution is 5.97. The number of amides is 1. The van der Waals surface area contributed by atoms with E-state index in [9.17, 15) is 9.18 Å². The lowest BCUT2D eigenvalue weighted by Crippen LogP contribution is -2.45. The van der Waals surface area contributed by atoms with Crippen molar-refractivity contribution in [3.63, 3.8) is 0 Å². The van der Waals surface area contributed by atoms with E-state index in [4.69, 9.17) is 0 Å².